The number of carboxylic acid groups (broad SMARTS) is 1. The number of aryl methyl sites for hydroxylation is 1. The molecule has 8 nitrogen and oxygen atoms in total. The van der Waals surface area contributed by atoms with Gasteiger partial charge in [-0.1, -0.05) is 48.5 Å². The molecule has 0 unspecified atom stereocenters. The summed E-state index contributed by atoms with van der Waals surface area (Å²) in [6.45, 7) is 2.62. The average molecular weight is 473 g/mol. The molecule has 0 amide bonds. The maximum atomic E-state index is 11.5. The molecule has 36 heavy (non-hydrogen) atoms. The van der Waals surface area contributed by atoms with Gasteiger partial charge >= 0.3 is 24.8 Å². The molecule has 2 aromatic heterocycles. The Hall–Kier alpha value is -4.25. The number of carbonyl (C=O) groups is 1. The topological polar surface area (TPSA) is 116 Å². The number of para-hydroxylation sites is 2. The molecule has 3 N–H and O–H groups in total. The summed E-state index contributed by atoms with van der Waals surface area (Å²) < 4.78 is 3.09. The van der Waals surface area contributed by atoms with Crippen LogP contribution >= 0.6 is 0 Å². The molecule has 176 valence electrons. The van der Waals surface area contributed by atoms with Gasteiger partial charge in [0.15, 0.2) is 0 Å². The van der Waals surface area contributed by atoms with Gasteiger partial charge in [0.05, 0.1) is 28.8 Å². The van der Waals surface area contributed by atoms with Crippen molar-refractivity contribution in [1.82, 2.24) is 19.3 Å². The van der Waals surface area contributed by atoms with Gasteiger partial charge in [-0.25, -0.2) is 14.9 Å². The van der Waals surface area contributed by atoms with E-state index in [0.29, 0.717) is 23.8 Å². The van der Waals surface area contributed by atoms with E-state index in [9.17, 15) is 9.59 Å². The Morgan fingerprint density at radius 3 is 2.36 bits per heavy atom. The van der Waals surface area contributed by atoms with Crippen LogP contribution in [0.3, 0.4) is 0 Å². The summed E-state index contributed by atoms with van der Waals surface area (Å²) in [5, 5.41) is 12.6. The van der Waals surface area contributed by atoms with E-state index in [1.54, 1.807) is 36.4 Å². The number of hydrogen-bond acceptors (Lipinski definition) is 5. The number of anilines is 1. The average Bonchev–Trinajstić information content (AvgIpc) is 3.18. The third-order valence-corrected chi connectivity index (χ3v) is 5.49. The van der Waals surface area contributed by atoms with Gasteiger partial charge in [-0.15, -0.1) is 0 Å². The monoisotopic (exact) mass is 473 g/mol. The number of nitrogens with zero attached hydrogens (tertiary/aromatic N) is 4. The molecular weight excluding hydrogens is 449 g/mol. The van der Waals surface area contributed by atoms with Crippen molar-refractivity contribution >= 4 is 23.0 Å². The molecule has 0 fully saturated rings. The van der Waals surface area contributed by atoms with Gasteiger partial charge in [-0.2, -0.15) is 7.05 Å². The van der Waals surface area contributed by atoms with Crippen molar-refractivity contribution in [2.24, 2.45) is 0 Å². The number of nitrogen functional groups attached to an aromatic ring is 1. The zero-order valence-corrected chi connectivity index (χ0v) is 20.1. The first-order chi connectivity index (χ1) is 16.8. The van der Waals surface area contributed by atoms with E-state index in [1.807, 2.05) is 41.8 Å². The summed E-state index contributed by atoms with van der Waals surface area (Å²) in [7, 11) is 3.63. The molecule has 0 radical (unpaired) electrons. The number of aromatic carboxylic acids is 1. The van der Waals surface area contributed by atoms with Crippen molar-refractivity contribution in [3.8, 4) is 11.3 Å². The van der Waals surface area contributed by atoms with Crippen molar-refractivity contribution in [1.29, 1.82) is 0 Å². The van der Waals surface area contributed by atoms with E-state index < -0.39 is 5.97 Å². The Balaban J connectivity index is 0.000000307. The first kappa shape index (κ1) is 26.4. The van der Waals surface area contributed by atoms with E-state index in [-0.39, 0.29) is 24.4 Å². The molecule has 0 saturated heterocycles. The fraction of sp³-hybridized carbons (Fsp3) is 0.0741. The second kappa shape index (κ2) is 11.4. The quantitative estimate of drug-likeness (QED) is 0.300. The predicted molar refractivity (Wildman–Crippen MR) is 136 cm³/mol. The minimum atomic E-state index is -0.879. The minimum absolute atomic E-state index is 0. The predicted octanol–water partition coefficient (Wildman–Crippen LogP) is 1.23. The number of aromatic nitrogens is 4. The fourth-order valence-electron chi connectivity index (χ4n) is 3.66. The summed E-state index contributed by atoms with van der Waals surface area (Å²) in [5.74, 6) is -0.395. The molecule has 3 aromatic carbocycles. The first-order valence-corrected chi connectivity index (χ1v) is 10.8. The van der Waals surface area contributed by atoms with Crippen LogP contribution in [0.4, 0.5) is 5.95 Å². The van der Waals surface area contributed by atoms with Crippen LogP contribution in [0.2, 0.25) is 0 Å². The van der Waals surface area contributed by atoms with Crippen LogP contribution < -0.4 is 30.2 Å². The molecule has 0 bridgehead atoms. The minimum Gasteiger partial charge on any atom is -0.478 e. The number of carboxylic acids is 1. The Kier molecular flexibility index (Phi) is 8.38. The molecule has 5 rings (SSSR count). The molecule has 0 aliphatic rings. The van der Waals surface area contributed by atoms with Crippen LogP contribution in [0.15, 0.2) is 89.7 Å². The van der Waals surface area contributed by atoms with Gasteiger partial charge in [0, 0.05) is 5.56 Å². The SMILES string of the molecule is O=C(O)c1ccccc1.[CH2-]n1nc(-c2cc(Cn3c(N)nc4ccccc43)ccc2C)ccc1=O.[Li+]. The van der Waals surface area contributed by atoms with Crippen molar-refractivity contribution in [2.45, 2.75) is 13.5 Å². The van der Waals surface area contributed by atoms with Gasteiger partial charge in [0.2, 0.25) is 5.95 Å². The summed E-state index contributed by atoms with van der Waals surface area (Å²) >= 11 is 0. The molecule has 0 aliphatic carbocycles. The Morgan fingerprint density at radius 2 is 1.69 bits per heavy atom. The molecule has 0 spiro atoms. The van der Waals surface area contributed by atoms with E-state index in [0.717, 1.165) is 32.4 Å². The van der Waals surface area contributed by atoms with Crippen molar-refractivity contribution in [3.05, 3.63) is 119 Å². The number of hydrogen-bond donors (Lipinski definition) is 2. The summed E-state index contributed by atoms with van der Waals surface area (Å²) in [6, 6.07) is 25.5. The summed E-state index contributed by atoms with van der Waals surface area (Å²) in [5.41, 5.74) is 11.9. The van der Waals surface area contributed by atoms with Gasteiger partial charge < -0.3 is 24.9 Å². The van der Waals surface area contributed by atoms with E-state index >= 15 is 0 Å². The second-order valence-corrected chi connectivity index (χ2v) is 7.92. The Morgan fingerprint density at radius 1 is 1.00 bits per heavy atom. The van der Waals surface area contributed by atoms with Crippen LogP contribution in [0, 0.1) is 14.0 Å². The molecule has 0 aliphatic heterocycles. The molecule has 2 heterocycles. The van der Waals surface area contributed by atoms with Gasteiger partial charge in [0.1, 0.15) is 5.56 Å². The summed E-state index contributed by atoms with van der Waals surface area (Å²) in [6.07, 6.45) is 0. The van der Waals surface area contributed by atoms with Crippen molar-refractivity contribution in [3.63, 3.8) is 0 Å². The molecule has 0 atom stereocenters. The smallest absolute Gasteiger partial charge is 0.478 e. The van der Waals surface area contributed by atoms with Gasteiger partial charge in [0.25, 0.3) is 0 Å². The van der Waals surface area contributed by atoms with Crippen LogP contribution in [0.5, 0.6) is 0 Å². The zero-order valence-electron chi connectivity index (χ0n) is 20.1. The van der Waals surface area contributed by atoms with E-state index in [1.165, 1.54) is 6.07 Å². The largest absolute Gasteiger partial charge is 1.00 e. The van der Waals surface area contributed by atoms with Crippen molar-refractivity contribution in [2.75, 3.05) is 5.73 Å². The molecular formula is C27H24LiN5O3. The van der Waals surface area contributed by atoms with Crippen molar-refractivity contribution < 1.29 is 28.8 Å². The number of nitrogens with two attached hydrogens (primary N) is 1. The number of imidazole rings is 1. The standard InChI is InChI=1S/C20H18N5O.C7H6O2.Li/c1-13-7-8-14(11-15(13)16-9-10-19(26)24(2)23-16)12-25-18-6-4-3-5-17(18)22-20(25)21;8-7(9)6-4-2-1-3-5-6;/h3-11H,2,12H2,1H3,(H2,21,22);1-5H,(H,8,9);/q-1;;+1. The first-order valence-electron chi connectivity index (χ1n) is 10.8. The fourth-order valence-corrected chi connectivity index (χ4v) is 3.66. The number of benzene rings is 3. The zero-order chi connectivity index (χ0) is 24.9. The summed E-state index contributed by atoms with van der Waals surface area (Å²) in [4.78, 5) is 26.2. The number of rotatable bonds is 4. The normalized spacial score (nSPS) is 10.2. The van der Waals surface area contributed by atoms with Crippen LogP contribution in [0.25, 0.3) is 22.3 Å². The van der Waals surface area contributed by atoms with Gasteiger partial charge in [-0.3, -0.25) is 0 Å². The third-order valence-electron chi connectivity index (χ3n) is 5.49. The third kappa shape index (κ3) is 5.86. The maximum Gasteiger partial charge on any atom is 1.00 e. The van der Waals surface area contributed by atoms with Crippen LogP contribution in [0.1, 0.15) is 21.5 Å². The molecule has 0 saturated carbocycles. The van der Waals surface area contributed by atoms with Crippen LogP contribution in [-0.2, 0) is 6.54 Å². The van der Waals surface area contributed by atoms with E-state index in [2.05, 4.69) is 29.3 Å². The van der Waals surface area contributed by atoms with Crippen LogP contribution in [-0.4, -0.2) is 30.4 Å². The maximum absolute atomic E-state index is 11.5. The second-order valence-electron chi connectivity index (χ2n) is 7.92. The Bertz CT molecular complexity index is 1560. The Labute approximate surface area is 220 Å². The number of fused-ring (bicyclic) bond motifs is 1. The molecule has 5 aromatic rings. The molecule has 9 heteroatoms. The van der Waals surface area contributed by atoms with E-state index in [4.69, 9.17) is 10.8 Å². The van der Waals surface area contributed by atoms with Gasteiger partial charge in [-0.05, 0) is 54.4 Å².